The normalized spacial score (nSPS) is 11.8. The van der Waals surface area contributed by atoms with Crippen molar-refractivity contribution in [3.63, 3.8) is 0 Å². The van der Waals surface area contributed by atoms with Crippen LogP contribution in [0.25, 0.3) is 99.8 Å². The Morgan fingerprint density at radius 2 is 1.24 bits per heavy atom. The molecule has 0 aliphatic rings. The van der Waals surface area contributed by atoms with E-state index in [-0.39, 0.29) is 0 Å². The molecule has 12 rings (SSSR count). The summed E-state index contributed by atoms with van der Waals surface area (Å²) in [4.78, 5) is 14.4. The van der Waals surface area contributed by atoms with Crippen molar-refractivity contribution in [1.29, 1.82) is 0 Å². The van der Waals surface area contributed by atoms with Crippen molar-refractivity contribution >= 4 is 54.6 Å². The van der Waals surface area contributed by atoms with Gasteiger partial charge >= 0.3 is 0 Å². The van der Waals surface area contributed by atoms with Crippen molar-refractivity contribution in [2.45, 2.75) is 27.2 Å². The molecule has 0 saturated heterocycles. The summed E-state index contributed by atoms with van der Waals surface area (Å²) in [6, 6.07) is 65.7. The van der Waals surface area contributed by atoms with Gasteiger partial charge in [0.15, 0.2) is 0 Å². The fraction of sp³-hybridized carbons (Fsp3) is 0.0690. The van der Waals surface area contributed by atoms with E-state index in [0.717, 1.165) is 79.1 Å². The number of nitrogens with one attached hydrogen (secondary N) is 1. The molecule has 0 atom stereocenters. The predicted molar refractivity (Wildman–Crippen MR) is 262 cm³/mol. The highest BCUT2D eigenvalue weighted by atomic mass is 15.1. The van der Waals surface area contributed by atoms with Crippen LogP contribution < -0.4 is 0 Å². The molecule has 300 valence electrons. The molecule has 5 nitrogen and oxygen atoms in total. The topological polar surface area (TPSA) is 51.4 Å². The minimum absolute atomic E-state index is 0.863. The summed E-state index contributed by atoms with van der Waals surface area (Å²) in [5.74, 6) is 1.78. The summed E-state index contributed by atoms with van der Waals surface area (Å²) >= 11 is 0. The molecule has 1 N–H and O–H groups in total. The van der Waals surface area contributed by atoms with Gasteiger partial charge in [-0.1, -0.05) is 127 Å². The van der Waals surface area contributed by atoms with Crippen molar-refractivity contribution in [2.75, 3.05) is 0 Å². The van der Waals surface area contributed by atoms with Gasteiger partial charge in [-0.15, -0.1) is 0 Å². The van der Waals surface area contributed by atoms with Crippen molar-refractivity contribution < 1.29 is 0 Å². The molecule has 0 unspecified atom stereocenters. The van der Waals surface area contributed by atoms with Gasteiger partial charge in [-0.05, 0) is 127 Å². The van der Waals surface area contributed by atoms with Gasteiger partial charge in [0.2, 0.25) is 0 Å². The largest absolute Gasteiger partial charge is 0.354 e. The number of aromatic nitrogens is 5. The smallest absolute Gasteiger partial charge is 0.147 e. The molecule has 0 fully saturated rings. The highest BCUT2D eigenvalue weighted by Crippen LogP contribution is 2.41. The minimum Gasteiger partial charge on any atom is -0.354 e. The van der Waals surface area contributed by atoms with Gasteiger partial charge in [-0.3, -0.25) is 9.13 Å². The average molecular weight is 810 g/mol. The Kier molecular flexibility index (Phi) is 8.51. The molecule has 0 amide bonds. The van der Waals surface area contributed by atoms with E-state index in [1.807, 2.05) is 6.20 Å². The summed E-state index contributed by atoms with van der Waals surface area (Å²) < 4.78 is 4.67. The summed E-state index contributed by atoms with van der Waals surface area (Å²) in [6.45, 7) is 6.59. The lowest BCUT2D eigenvalue weighted by Crippen LogP contribution is -1.99. The third-order valence-electron chi connectivity index (χ3n) is 12.8. The van der Waals surface area contributed by atoms with Gasteiger partial charge in [0.05, 0.1) is 27.6 Å². The molecule has 8 aromatic carbocycles. The molecule has 0 saturated carbocycles. The molecular formula is C58H43N5. The van der Waals surface area contributed by atoms with E-state index in [0.29, 0.717) is 0 Å². The standard InChI is InChI=1S/C58H43N5/c1-36-30-37(2)55(38(3)31-36)42-28-29-59-54(35-42)63-51-27-24-40(32-39-14-6-4-7-15-39)33-49(51)46-26-25-41(34-53(46)63)44-19-13-23-52-57(44)61-58(62(52)43-16-8-5-9-17-43)48-21-12-20-47-45-18-10-11-22-50(45)60-56(47)48/h4-31,33-35,60H,32H2,1-3H3. The number of rotatable bonds is 7. The second-order valence-electron chi connectivity index (χ2n) is 16.9. The number of fused-ring (bicyclic) bond motifs is 7. The van der Waals surface area contributed by atoms with Crippen LogP contribution in [0.3, 0.4) is 0 Å². The van der Waals surface area contributed by atoms with E-state index in [9.17, 15) is 0 Å². The zero-order valence-electron chi connectivity index (χ0n) is 35.4. The molecule has 0 radical (unpaired) electrons. The number of hydrogen-bond donors (Lipinski definition) is 1. The Bertz CT molecular complexity index is 3710. The average Bonchev–Trinajstić information content (AvgIpc) is 3.99. The number of imidazole rings is 1. The molecule has 5 heteroatoms. The van der Waals surface area contributed by atoms with Crippen LogP contribution in [-0.4, -0.2) is 24.1 Å². The van der Waals surface area contributed by atoms with Crippen molar-refractivity contribution in [2.24, 2.45) is 0 Å². The molecule has 0 aliphatic carbocycles. The summed E-state index contributed by atoms with van der Waals surface area (Å²) in [5, 5.41) is 4.79. The van der Waals surface area contributed by atoms with Crippen LogP contribution in [0, 0.1) is 20.8 Å². The highest BCUT2D eigenvalue weighted by Gasteiger charge is 2.22. The van der Waals surface area contributed by atoms with Gasteiger partial charge in [-0.25, -0.2) is 9.97 Å². The van der Waals surface area contributed by atoms with Gasteiger partial charge in [0, 0.05) is 50.1 Å². The first-order valence-electron chi connectivity index (χ1n) is 21.7. The summed E-state index contributed by atoms with van der Waals surface area (Å²) in [7, 11) is 0. The van der Waals surface area contributed by atoms with E-state index < -0.39 is 0 Å². The first kappa shape index (κ1) is 36.8. The van der Waals surface area contributed by atoms with Crippen molar-refractivity contribution in [1.82, 2.24) is 24.1 Å². The molecule has 4 aromatic heterocycles. The zero-order valence-corrected chi connectivity index (χ0v) is 35.4. The van der Waals surface area contributed by atoms with Crippen LogP contribution in [0.4, 0.5) is 0 Å². The second kappa shape index (κ2) is 14.6. The van der Waals surface area contributed by atoms with Gasteiger partial charge in [0.25, 0.3) is 0 Å². The van der Waals surface area contributed by atoms with Crippen LogP contribution in [0.5, 0.6) is 0 Å². The number of para-hydroxylation sites is 4. The fourth-order valence-corrected chi connectivity index (χ4v) is 10.2. The molecule has 0 spiro atoms. The lowest BCUT2D eigenvalue weighted by molar-refractivity contribution is 1.08. The minimum atomic E-state index is 0.863. The molecule has 0 bridgehead atoms. The Hall–Kier alpha value is -8.02. The van der Waals surface area contributed by atoms with Crippen LogP contribution in [0.15, 0.2) is 188 Å². The Morgan fingerprint density at radius 1 is 0.492 bits per heavy atom. The third kappa shape index (κ3) is 6.07. The fourth-order valence-electron chi connectivity index (χ4n) is 10.2. The summed E-state index contributed by atoms with van der Waals surface area (Å²) in [5.41, 5.74) is 19.5. The van der Waals surface area contributed by atoms with Crippen molar-refractivity contribution in [3.05, 3.63) is 216 Å². The maximum atomic E-state index is 5.60. The van der Waals surface area contributed by atoms with Crippen LogP contribution in [-0.2, 0) is 6.42 Å². The van der Waals surface area contributed by atoms with Crippen LogP contribution in [0.1, 0.15) is 27.8 Å². The Balaban J connectivity index is 1.09. The van der Waals surface area contributed by atoms with E-state index in [2.05, 4.69) is 217 Å². The van der Waals surface area contributed by atoms with Gasteiger partial charge in [-0.2, -0.15) is 0 Å². The maximum Gasteiger partial charge on any atom is 0.147 e. The van der Waals surface area contributed by atoms with Crippen LogP contribution in [0.2, 0.25) is 0 Å². The number of benzene rings is 8. The first-order valence-corrected chi connectivity index (χ1v) is 21.7. The number of aromatic amines is 1. The number of H-pyrrole nitrogens is 1. The molecule has 4 heterocycles. The lowest BCUT2D eigenvalue weighted by atomic mass is 9.94. The zero-order chi connectivity index (χ0) is 42.2. The molecule has 63 heavy (non-hydrogen) atoms. The Morgan fingerprint density at radius 3 is 2.08 bits per heavy atom. The van der Waals surface area contributed by atoms with E-state index in [4.69, 9.17) is 9.97 Å². The Labute approximate surface area is 365 Å². The van der Waals surface area contributed by atoms with Crippen LogP contribution >= 0.6 is 0 Å². The highest BCUT2D eigenvalue weighted by molar-refractivity contribution is 6.13. The number of aryl methyl sites for hydroxylation is 3. The maximum absolute atomic E-state index is 5.60. The number of pyridine rings is 1. The first-order chi connectivity index (χ1) is 31.0. The lowest BCUT2D eigenvalue weighted by Gasteiger charge is -2.14. The van der Waals surface area contributed by atoms with E-state index >= 15 is 0 Å². The van der Waals surface area contributed by atoms with Gasteiger partial charge < -0.3 is 4.98 Å². The molecule has 0 aliphatic heterocycles. The predicted octanol–water partition coefficient (Wildman–Crippen LogP) is 14.7. The van der Waals surface area contributed by atoms with E-state index in [1.54, 1.807) is 0 Å². The third-order valence-corrected chi connectivity index (χ3v) is 12.8. The SMILES string of the molecule is Cc1cc(C)c(-c2ccnc(-n3c4ccc(Cc5ccccc5)cc4c4ccc(-c5cccc6c5nc(-c5cccc7c5[nH]c5ccccc57)n6-c5ccccc5)cc43)c2)c(C)c1. The number of nitrogens with zero attached hydrogens (tertiary/aromatic N) is 4. The molecular weight excluding hydrogens is 767 g/mol. The summed E-state index contributed by atoms with van der Waals surface area (Å²) in [6.07, 6.45) is 2.82. The van der Waals surface area contributed by atoms with E-state index in [1.165, 1.54) is 54.9 Å². The number of hydrogen-bond acceptors (Lipinski definition) is 2. The monoisotopic (exact) mass is 809 g/mol. The quantitative estimate of drug-likeness (QED) is 0.174. The van der Waals surface area contributed by atoms with Crippen molar-refractivity contribution in [3.8, 4) is 45.1 Å². The van der Waals surface area contributed by atoms with Gasteiger partial charge in [0.1, 0.15) is 11.6 Å². The second-order valence-corrected chi connectivity index (χ2v) is 16.9. The molecule has 12 aromatic rings.